The zero-order valence-corrected chi connectivity index (χ0v) is 14.8. The molecule has 1 aliphatic carbocycles. The zero-order chi connectivity index (χ0) is 17.4. The average molecular weight is 343 g/mol. The molecule has 0 bridgehead atoms. The van der Waals surface area contributed by atoms with E-state index in [1.165, 1.54) is 0 Å². The van der Waals surface area contributed by atoms with E-state index in [4.69, 9.17) is 9.26 Å². The van der Waals surface area contributed by atoms with Crippen molar-refractivity contribution in [1.82, 2.24) is 15.0 Å². The number of ether oxygens (including phenoxy) is 1. The van der Waals surface area contributed by atoms with E-state index >= 15 is 0 Å². The van der Waals surface area contributed by atoms with Crippen LogP contribution < -0.4 is 4.74 Å². The van der Waals surface area contributed by atoms with Gasteiger partial charge in [0.2, 0.25) is 5.89 Å². The van der Waals surface area contributed by atoms with Crippen LogP contribution in [0, 0.1) is 0 Å². The molecule has 25 heavy (non-hydrogen) atoms. The number of benzene rings is 1. The summed E-state index contributed by atoms with van der Waals surface area (Å²) in [6, 6.07) is 7.68. The fraction of sp³-hybridized carbons (Fsp3) is 0.579. The number of nitrogens with zero attached hydrogens (tertiary/aromatic N) is 3. The normalized spacial score (nSPS) is 23.6. The third-order valence-electron chi connectivity index (χ3n) is 5.45. The van der Waals surface area contributed by atoms with E-state index in [0.717, 1.165) is 49.4 Å². The quantitative estimate of drug-likeness (QED) is 0.870. The Morgan fingerprint density at radius 1 is 1.28 bits per heavy atom. The molecule has 1 N–H and O–H groups in total. The molecule has 1 saturated carbocycles. The molecule has 1 saturated heterocycles. The summed E-state index contributed by atoms with van der Waals surface area (Å²) in [5.74, 6) is 2.78. The van der Waals surface area contributed by atoms with Crippen LogP contribution in [-0.4, -0.2) is 39.8 Å². The highest BCUT2D eigenvalue weighted by atomic mass is 16.5. The Bertz CT molecular complexity index is 722. The minimum absolute atomic E-state index is 0.0252. The van der Waals surface area contributed by atoms with Crippen molar-refractivity contribution in [1.29, 1.82) is 0 Å². The van der Waals surface area contributed by atoms with E-state index in [1.807, 2.05) is 31.2 Å². The van der Waals surface area contributed by atoms with Gasteiger partial charge in [0.05, 0.1) is 13.7 Å². The molecule has 1 aromatic heterocycles. The zero-order valence-electron chi connectivity index (χ0n) is 14.8. The molecular weight excluding hydrogens is 318 g/mol. The highest BCUT2D eigenvalue weighted by Crippen LogP contribution is 2.39. The molecule has 1 aromatic carbocycles. The minimum Gasteiger partial charge on any atom is -0.497 e. The van der Waals surface area contributed by atoms with Gasteiger partial charge in [0.15, 0.2) is 5.82 Å². The fourth-order valence-electron chi connectivity index (χ4n) is 3.79. The molecule has 0 amide bonds. The molecule has 2 unspecified atom stereocenters. The molecular formula is C19H25N3O3. The molecule has 2 heterocycles. The summed E-state index contributed by atoms with van der Waals surface area (Å²) >= 11 is 0. The smallest absolute Gasteiger partial charge is 0.240 e. The second-order valence-electron chi connectivity index (χ2n) is 7.33. The van der Waals surface area contributed by atoms with E-state index in [0.29, 0.717) is 18.4 Å². The molecule has 4 rings (SSSR count). The molecule has 1 aliphatic heterocycles. The Balaban J connectivity index is 1.50. The van der Waals surface area contributed by atoms with Gasteiger partial charge >= 0.3 is 0 Å². The monoisotopic (exact) mass is 343 g/mol. The van der Waals surface area contributed by atoms with Crippen molar-refractivity contribution in [3.8, 4) is 5.75 Å². The van der Waals surface area contributed by atoms with Gasteiger partial charge in [0.1, 0.15) is 11.4 Å². The first-order chi connectivity index (χ1) is 12.1. The predicted octanol–water partition coefficient (Wildman–Crippen LogP) is 2.83. The largest absolute Gasteiger partial charge is 0.497 e. The van der Waals surface area contributed by atoms with Crippen molar-refractivity contribution in [3.05, 3.63) is 41.5 Å². The molecule has 0 radical (unpaired) electrons. The summed E-state index contributed by atoms with van der Waals surface area (Å²) < 4.78 is 10.6. The lowest BCUT2D eigenvalue weighted by atomic mass is 9.86. The van der Waals surface area contributed by atoms with Gasteiger partial charge in [0.25, 0.3) is 0 Å². The number of likely N-dealkylation sites (tertiary alicyclic amines) is 1. The second-order valence-corrected chi connectivity index (χ2v) is 7.33. The molecule has 0 spiro atoms. The highest BCUT2D eigenvalue weighted by Gasteiger charge is 2.41. The van der Waals surface area contributed by atoms with Crippen molar-refractivity contribution in [3.63, 3.8) is 0 Å². The van der Waals surface area contributed by atoms with Crippen LogP contribution in [0.5, 0.6) is 5.75 Å². The molecule has 2 aliphatic rings. The first-order valence-corrected chi connectivity index (χ1v) is 9.01. The first kappa shape index (κ1) is 16.5. The van der Waals surface area contributed by atoms with Crippen LogP contribution >= 0.6 is 0 Å². The van der Waals surface area contributed by atoms with Gasteiger partial charge in [-0.15, -0.1) is 0 Å². The fourth-order valence-corrected chi connectivity index (χ4v) is 3.79. The first-order valence-electron chi connectivity index (χ1n) is 9.01. The Morgan fingerprint density at radius 3 is 2.72 bits per heavy atom. The van der Waals surface area contributed by atoms with Crippen molar-refractivity contribution in [2.75, 3.05) is 13.7 Å². The summed E-state index contributed by atoms with van der Waals surface area (Å²) in [6.45, 7) is 3.41. The summed E-state index contributed by atoms with van der Waals surface area (Å²) in [6.07, 6.45) is 4.33. The predicted molar refractivity (Wildman–Crippen MR) is 92.3 cm³/mol. The third kappa shape index (κ3) is 3.28. The molecule has 6 nitrogen and oxygen atoms in total. The van der Waals surface area contributed by atoms with Crippen LogP contribution in [0.15, 0.2) is 28.8 Å². The number of aromatic nitrogens is 2. The van der Waals surface area contributed by atoms with Crippen LogP contribution in [0.1, 0.15) is 55.8 Å². The molecule has 2 aromatic rings. The van der Waals surface area contributed by atoms with E-state index in [9.17, 15) is 5.11 Å². The Morgan fingerprint density at radius 2 is 2.04 bits per heavy atom. The summed E-state index contributed by atoms with van der Waals surface area (Å²) in [5, 5.41) is 15.3. The Labute approximate surface area is 147 Å². The Kier molecular flexibility index (Phi) is 4.25. The van der Waals surface area contributed by atoms with Crippen molar-refractivity contribution >= 4 is 0 Å². The average Bonchev–Trinajstić information content (AvgIpc) is 3.18. The summed E-state index contributed by atoms with van der Waals surface area (Å²) in [4.78, 5) is 6.79. The standard InChI is InChI=1S/C19H25N3O3/c1-19(23,14-7-9-15(24-2)10-8-14)16-4-3-11-22(16)12-17-20-18(21-25-17)13-5-6-13/h7-10,13,16,23H,3-6,11-12H2,1-2H3. The number of hydrogen-bond donors (Lipinski definition) is 1. The number of hydrogen-bond acceptors (Lipinski definition) is 6. The van der Waals surface area contributed by atoms with Gasteiger partial charge in [-0.05, 0) is 56.8 Å². The maximum Gasteiger partial charge on any atom is 0.240 e. The number of aliphatic hydroxyl groups is 1. The molecule has 6 heteroatoms. The van der Waals surface area contributed by atoms with E-state index in [1.54, 1.807) is 7.11 Å². The van der Waals surface area contributed by atoms with Gasteiger partial charge in [-0.25, -0.2) is 0 Å². The molecule has 134 valence electrons. The number of rotatable bonds is 6. The van der Waals surface area contributed by atoms with Gasteiger partial charge in [-0.2, -0.15) is 4.98 Å². The highest BCUT2D eigenvalue weighted by molar-refractivity contribution is 5.31. The minimum atomic E-state index is -0.942. The van der Waals surface area contributed by atoms with Crippen molar-refractivity contribution in [2.24, 2.45) is 0 Å². The van der Waals surface area contributed by atoms with Gasteiger partial charge in [-0.3, -0.25) is 4.90 Å². The van der Waals surface area contributed by atoms with Crippen LogP contribution in [0.3, 0.4) is 0 Å². The second kappa shape index (κ2) is 6.42. The maximum absolute atomic E-state index is 11.3. The molecule has 2 fully saturated rings. The van der Waals surface area contributed by atoms with Crippen LogP contribution in [0.4, 0.5) is 0 Å². The lowest BCUT2D eigenvalue weighted by Gasteiger charge is -2.36. The third-order valence-corrected chi connectivity index (χ3v) is 5.45. The maximum atomic E-state index is 11.3. The molecule has 2 atom stereocenters. The van der Waals surface area contributed by atoms with Crippen molar-refractivity contribution in [2.45, 2.75) is 56.7 Å². The van der Waals surface area contributed by atoms with Crippen molar-refractivity contribution < 1.29 is 14.4 Å². The lowest BCUT2D eigenvalue weighted by Crippen LogP contribution is -2.45. The summed E-state index contributed by atoms with van der Waals surface area (Å²) in [7, 11) is 1.64. The van der Waals surface area contributed by atoms with Gasteiger partial charge < -0.3 is 14.4 Å². The van der Waals surface area contributed by atoms with E-state index in [-0.39, 0.29) is 6.04 Å². The van der Waals surface area contributed by atoms with E-state index in [2.05, 4.69) is 15.0 Å². The van der Waals surface area contributed by atoms with Crippen LogP contribution in [-0.2, 0) is 12.1 Å². The van der Waals surface area contributed by atoms with Gasteiger partial charge in [-0.1, -0.05) is 17.3 Å². The summed E-state index contributed by atoms with van der Waals surface area (Å²) in [5.41, 5.74) is -0.0448. The lowest BCUT2D eigenvalue weighted by molar-refractivity contribution is -0.0278. The van der Waals surface area contributed by atoms with Crippen LogP contribution in [0.2, 0.25) is 0 Å². The topological polar surface area (TPSA) is 71.6 Å². The van der Waals surface area contributed by atoms with Gasteiger partial charge in [0, 0.05) is 12.0 Å². The Hall–Kier alpha value is -1.92. The SMILES string of the molecule is COc1ccc(C(C)(O)C2CCCN2Cc2nc(C3CC3)no2)cc1. The van der Waals surface area contributed by atoms with Crippen LogP contribution in [0.25, 0.3) is 0 Å². The number of methoxy groups -OCH3 is 1. The van der Waals surface area contributed by atoms with E-state index < -0.39 is 5.60 Å².